The zero-order valence-corrected chi connectivity index (χ0v) is 15.1. The molecule has 1 aromatic carbocycles. The van der Waals surface area contributed by atoms with Crippen LogP contribution in [-0.2, 0) is 12.8 Å². The summed E-state index contributed by atoms with van der Waals surface area (Å²) in [7, 11) is 3.93. The van der Waals surface area contributed by atoms with Crippen molar-refractivity contribution in [1.29, 1.82) is 0 Å². The van der Waals surface area contributed by atoms with Gasteiger partial charge >= 0.3 is 0 Å². The molecular weight excluding hydrogens is 304 g/mol. The molecule has 1 saturated heterocycles. The first-order valence-corrected chi connectivity index (χ1v) is 9.02. The maximum absolute atomic E-state index is 6.28. The number of methoxy groups -OCH3 is 1. The maximum atomic E-state index is 6.28. The van der Waals surface area contributed by atoms with Crippen LogP contribution in [0.4, 0.5) is 0 Å². The van der Waals surface area contributed by atoms with E-state index < -0.39 is 0 Å². The molecule has 3 aliphatic rings. The molecule has 4 rings (SSSR count). The van der Waals surface area contributed by atoms with E-state index in [0.29, 0.717) is 12.0 Å². The Hall–Kier alpha value is -1.46. The van der Waals surface area contributed by atoms with Gasteiger partial charge < -0.3 is 19.9 Å². The molecule has 0 radical (unpaired) electrons. The highest BCUT2D eigenvalue weighted by atomic mass is 16.5. The number of likely N-dealkylation sites (tertiary alicyclic amines) is 1. The Balaban J connectivity index is 1.88. The number of benzene rings is 1. The van der Waals surface area contributed by atoms with Crippen molar-refractivity contribution in [2.75, 3.05) is 27.2 Å². The second kappa shape index (κ2) is 5.81. The van der Waals surface area contributed by atoms with Crippen LogP contribution in [0.5, 0.6) is 17.2 Å². The van der Waals surface area contributed by atoms with E-state index >= 15 is 0 Å². The van der Waals surface area contributed by atoms with Gasteiger partial charge in [0.2, 0.25) is 0 Å². The molecule has 24 heavy (non-hydrogen) atoms. The Morgan fingerprint density at radius 1 is 1.12 bits per heavy atom. The summed E-state index contributed by atoms with van der Waals surface area (Å²) < 4.78 is 18.2. The number of fused-ring (bicyclic) bond motifs is 2. The van der Waals surface area contributed by atoms with Gasteiger partial charge in [-0.2, -0.15) is 0 Å². The molecule has 0 amide bonds. The van der Waals surface area contributed by atoms with Gasteiger partial charge in [-0.1, -0.05) is 0 Å². The summed E-state index contributed by atoms with van der Waals surface area (Å²) in [4.78, 5) is 2.43. The van der Waals surface area contributed by atoms with Crippen molar-refractivity contribution in [3.8, 4) is 17.2 Å². The SMILES string of the molecule is COc1c2c(c(C3CC(CN)CN3C)c3c1OC(C)C3)OC(C)C2. The van der Waals surface area contributed by atoms with Crippen LogP contribution in [-0.4, -0.2) is 44.4 Å². The number of rotatable bonds is 3. The number of ether oxygens (including phenoxy) is 3. The second-order valence-electron chi connectivity index (χ2n) is 7.62. The minimum Gasteiger partial charge on any atom is -0.492 e. The van der Waals surface area contributed by atoms with Crippen LogP contribution < -0.4 is 19.9 Å². The Morgan fingerprint density at radius 2 is 1.79 bits per heavy atom. The zero-order chi connectivity index (χ0) is 17.0. The first-order valence-electron chi connectivity index (χ1n) is 9.02. The molecule has 0 bridgehead atoms. The Kier molecular flexibility index (Phi) is 3.88. The number of hydrogen-bond donors (Lipinski definition) is 1. The van der Waals surface area contributed by atoms with Gasteiger partial charge in [-0.05, 0) is 39.8 Å². The average Bonchev–Trinajstić information content (AvgIpc) is 3.21. The van der Waals surface area contributed by atoms with Crippen molar-refractivity contribution in [2.45, 2.75) is 51.4 Å². The monoisotopic (exact) mass is 332 g/mol. The molecule has 2 N–H and O–H groups in total. The normalized spacial score (nSPS) is 31.5. The molecule has 1 fully saturated rings. The maximum Gasteiger partial charge on any atom is 0.168 e. The first-order chi connectivity index (χ1) is 11.5. The lowest BCUT2D eigenvalue weighted by Gasteiger charge is -2.25. The van der Waals surface area contributed by atoms with E-state index in [4.69, 9.17) is 19.9 Å². The van der Waals surface area contributed by atoms with E-state index in [-0.39, 0.29) is 12.2 Å². The van der Waals surface area contributed by atoms with Crippen LogP contribution in [0.2, 0.25) is 0 Å². The quantitative estimate of drug-likeness (QED) is 0.920. The average molecular weight is 332 g/mol. The van der Waals surface area contributed by atoms with Crippen molar-refractivity contribution in [2.24, 2.45) is 11.7 Å². The van der Waals surface area contributed by atoms with Gasteiger partial charge in [0.15, 0.2) is 11.5 Å². The number of nitrogens with two attached hydrogens (primary N) is 1. The van der Waals surface area contributed by atoms with Crippen molar-refractivity contribution < 1.29 is 14.2 Å². The molecule has 5 nitrogen and oxygen atoms in total. The van der Waals surface area contributed by atoms with Crippen molar-refractivity contribution >= 4 is 0 Å². The van der Waals surface area contributed by atoms with Crippen LogP contribution in [0.25, 0.3) is 0 Å². The molecule has 4 atom stereocenters. The van der Waals surface area contributed by atoms with Crippen LogP contribution in [0.1, 0.15) is 43.0 Å². The van der Waals surface area contributed by atoms with Gasteiger partial charge in [0.05, 0.1) is 7.11 Å². The second-order valence-corrected chi connectivity index (χ2v) is 7.62. The summed E-state index contributed by atoms with van der Waals surface area (Å²) in [6.45, 7) is 6.03. The first kappa shape index (κ1) is 16.0. The lowest BCUT2D eigenvalue weighted by Crippen LogP contribution is -2.21. The van der Waals surface area contributed by atoms with Gasteiger partial charge in [-0.15, -0.1) is 0 Å². The molecule has 3 heterocycles. The molecule has 0 saturated carbocycles. The minimum absolute atomic E-state index is 0.185. The fourth-order valence-corrected chi connectivity index (χ4v) is 4.69. The van der Waals surface area contributed by atoms with Gasteiger partial charge in [0, 0.05) is 42.1 Å². The van der Waals surface area contributed by atoms with E-state index in [0.717, 1.165) is 49.6 Å². The van der Waals surface area contributed by atoms with Crippen molar-refractivity contribution in [3.63, 3.8) is 0 Å². The van der Waals surface area contributed by atoms with Crippen molar-refractivity contribution in [1.82, 2.24) is 4.90 Å². The fraction of sp³-hybridized carbons (Fsp3) is 0.684. The third-order valence-electron chi connectivity index (χ3n) is 5.72. The predicted molar refractivity (Wildman–Crippen MR) is 93.1 cm³/mol. The summed E-state index contributed by atoms with van der Waals surface area (Å²) in [5.41, 5.74) is 9.73. The Bertz CT molecular complexity index is 621. The molecule has 0 spiro atoms. The molecule has 4 unspecified atom stereocenters. The molecule has 132 valence electrons. The highest BCUT2D eigenvalue weighted by molar-refractivity contribution is 5.67. The predicted octanol–water partition coefficient (Wildman–Crippen LogP) is 2.29. The third kappa shape index (κ3) is 2.29. The summed E-state index contributed by atoms with van der Waals surface area (Å²) in [5, 5.41) is 0. The summed E-state index contributed by atoms with van der Waals surface area (Å²) in [6, 6.07) is 0.353. The third-order valence-corrected chi connectivity index (χ3v) is 5.72. The van der Waals surface area contributed by atoms with E-state index in [1.165, 1.54) is 16.7 Å². The molecule has 3 aliphatic heterocycles. The van der Waals surface area contributed by atoms with Gasteiger partial charge in [0.1, 0.15) is 18.0 Å². The summed E-state index contributed by atoms with van der Waals surface area (Å²) in [6.07, 6.45) is 3.26. The van der Waals surface area contributed by atoms with Gasteiger partial charge in [-0.25, -0.2) is 0 Å². The molecular formula is C19H28N2O3. The molecule has 0 aromatic heterocycles. The van der Waals surface area contributed by atoms with Gasteiger partial charge in [0.25, 0.3) is 0 Å². The molecule has 0 aliphatic carbocycles. The standard InChI is InChI=1S/C19H28N2O3/c1-10-5-13-16(15-7-12(8-20)9-21(15)3)17-14(6-11(2)23-17)18(22-4)19(13)24-10/h10-12,15H,5-9,20H2,1-4H3. The zero-order valence-electron chi connectivity index (χ0n) is 15.1. The van der Waals surface area contributed by atoms with Crippen LogP contribution >= 0.6 is 0 Å². The Morgan fingerprint density at radius 3 is 2.42 bits per heavy atom. The topological polar surface area (TPSA) is 57.0 Å². The number of hydrogen-bond acceptors (Lipinski definition) is 5. The molecule has 5 heteroatoms. The van der Waals surface area contributed by atoms with Gasteiger partial charge in [-0.3, -0.25) is 4.90 Å². The van der Waals surface area contributed by atoms with Crippen molar-refractivity contribution in [3.05, 3.63) is 16.7 Å². The molecule has 1 aromatic rings. The lowest BCUT2D eigenvalue weighted by atomic mass is 9.90. The fourth-order valence-electron chi connectivity index (χ4n) is 4.69. The number of nitrogens with zero attached hydrogens (tertiary/aromatic N) is 1. The summed E-state index contributed by atoms with van der Waals surface area (Å²) in [5.74, 6) is 3.42. The lowest BCUT2D eigenvalue weighted by molar-refractivity contribution is 0.241. The summed E-state index contributed by atoms with van der Waals surface area (Å²) >= 11 is 0. The van der Waals surface area contributed by atoms with E-state index in [2.05, 4.69) is 25.8 Å². The smallest absolute Gasteiger partial charge is 0.168 e. The Labute approximate surface area is 144 Å². The van der Waals surface area contributed by atoms with E-state index in [9.17, 15) is 0 Å². The van der Waals surface area contributed by atoms with Crippen LogP contribution in [0.3, 0.4) is 0 Å². The highest BCUT2D eigenvalue weighted by Gasteiger charge is 2.42. The van der Waals surface area contributed by atoms with Crippen LogP contribution in [0, 0.1) is 5.92 Å². The van der Waals surface area contributed by atoms with Crippen LogP contribution in [0.15, 0.2) is 0 Å². The van der Waals surface area contributed by atoms with E-state index in [1.807, 2.05) is 0 Å². The highest BCUT2D eigenvalue weighted by Crippen LogP contribution is 2.55. The van der Waals surface area contributed by atoms with E-state index in [1.54, 1.807) is 7.11 Å². The minimum atomic E-state index is 0.185. The largest absolute Gasteiger partial charge is 0.492 e.